The minimum atomic E-state index is -0.505. The van der Waals surface area contributed by atoms with Crippen LogP contribution in [0.3, 0.4) is 0 Å². The van der Waals surface area contributed by atoms with Gasteiger partial charge in [0.15, 0.2) is 0 Å². The first kappa shape index (κ1) is 22.3. The Hall–Kier alpha value is -2.93. The molecule has 1 heterocycles. The number of urea groups is 1. The van der Waals surface area contributed by atoms with Crippen molar-refractivity contribution in [2.75, 3.05) is 0 Å². The van der Waals surface area contributed by atoms with Crippen molar-refractivity contribution >= 4 is 34.8 Å². The summed E-state index contributed by atoms with van der Waals surface area (Å²) in [4.78, 5) is 28.5. The van der Waals surface area contributed by atoms with Gasteiger partial charge in [-0.05, 0) is 91.4 Å². The van der Waals surface area contributed by atoms with Gasteiger partial charge in [0, 0.05) is 22.4 Å². The monoisotopic (exact) mass is 451 g/mol. The lowest BCUT2D eigenvalue weighted by Crippen LogP contribution is -2.37. The van der Waals surface area contributed by atoms with Crippen LogP contribution in [0.15, 0.2) is 60.8 Å². The first-order chi connectivity index (χ1) is 15.5. The van der Waals surface area contributed by atoms with Crippen molar-refractivity contribution < 1.29 is 14.0 Å². The third-order valence-electron chi connectivity index (χ3n) is 6.21. The molecule has 7 heteroatoms. The molecular weight excluding hydrogens is 425 g/mol. The molecule has 1 saturated carbocycles. The fourth-order valence-electron chi connectivity index (χ4n) is 4.43. The van der Waals surface area contributed by atoms with Crippen LogP contribution in [0.1, 0.15) is 54.4 Å². The summed E-state index contributed by atoms with van der Waals surface area (Å²) in [7, 11) is 0. The highest BCUT2D eigenvalue weighted by Crippen LogP contribution is 2.41. The number of hydrogen-bond acceptors (Lipinski definition) is 4. The lowest BCUT2D eigenvalue weighted by Gasteiger charge is -2.32. The van der Waals surface area contributed by atoms with Gasteiger partial charge in [-0.3, -0.25) is 19.8 Å². The highest BCUT2D eigenvalue weighted by atomic mass is 32.2. The van der Waals surface area contributed by atoms with Gasteiger partial charge >= 0.3 is 6.03 Å². The Kier molecular flexibility index (Phi) is 7.05. The van der Waals surface area contributed by atoms with Crippen molar-refractivity contribution in [1.82, 2.24) is 15.0 Å². The van der Waals surface area contributed by atoms with Crippen molar-refractivity contribution in [1.29, 1.82) is 0 Å². The molecular formula is C25H26FN3O2S. The van der Waals surface area contributed by atoms with Gasteiger partial charge in [-0.15, -0.1) is 0 Å². The Morgan fingerprint density at radius 3 is 2.56 bits per heavy atom. The van der Waals surface area contributed by atoms with E-state index in [1.165, 1.54) is 23.6 Å². The highest BCUT2D eigenvalue weighted by molar-refractivity contribution is 7.98. The van der Waals surface area contributed by atoms with Crippen LogP contribution in [0.25, 0.3) is 10.9 Å². The zero-order valence-corrected chi connectivity index (χ0v) is 18.7. The number of amides is 3. The molecule has 2 aromatic carbocycles. The van der Waals surface area contributed by atoms with Gasteiger partial charge in [0.2, 0.25) is 0 Å². The lowest BCUT2D eigenvalue weighted by atomic mass is 9.77. The number of nitrogens with one attached hydrogen (secondary N) is 2. The van der Waals surface area contributed by atoms with Crippen LogP contribution in [0.4, 0.5) is 9.18 Å². The number of rotatable bonds is 5. The fourth-order valence-corrected chi connectivity index (χ4v) is 5.24. The number of halogens is 1. The molecule has 4 rings (SSSR count). The number of imide groups is 1. The summed E-state index contributed by atoms with van der Waals surface area (Å²) in [6.45, 7) is 2.10. The van der Waals surface area contributed by atoms with Crippen LogP contribution in [-0.2, 0) is 0 Å². The van der Waals surface area contributed by atoms with Gasteiger partial charge in [0.05, 0.1) is 5.52 Å². The molecule has 166 valence electrons. The van der Waals surface area contributed by atoms with Gasteiger partial charge in [0.1, 0.15) is 5.82 Å². The van der Waals surface area contributed by atoms with E-state index in [0.717, 1.165) is 36.6 Å². The van der Waals surface area contributed by atoms with Crippen molar-refractivity contribution in [3.05, 3.63) is 77.7 Å². The number of carbonyl (C=O) groups is 2. The summed E-state index contributed by atoms with van der Waals surface area (Å²) in [6, 6.07) is 14.9. The Labute approximate surface area is 191 Å². The van der Waals surface area contributed by atoms with Crippen molar-refractivity contribution in [2.45, 2.75) is 43.8 Å². The van der Waals surface area contributed by atoms with Crippen molar-refractivity contribution in [2.24, 2.45) is 5.92 Å². The smallest absolute Gasteiger partial charge is 0.281 e. The summed E-state index contributed by atoms with van der Waals surface area (Å²) in [5, 5.41) is 3.48. The van der Waals surface area contributed by atoms with E-state index in [-0.39, 0.29) is 11.1 Å². The zero-order chi connectivity index (χ0) is 22.5. The average molecular weight is 452 g/mol. The molecule has 3 aromatic rings. The van der Waals surface area contributed by atoms with E-state index in [1.807, 2.05) is 12.1 Å². The van der Waals surface area contributed by atoms with Gasteiger partial charge in [0.25, 0.3) is 5.91 Å². The normalized spacial score (nSPS) is 19.3. The molecule has 0 unspecified atom stereocenters. The van der Waals surface area contributed by atoms with Crippen LogP contribution < -0.4 is 10.0 Å². The number of nitrogens with zero attached hydrogens (tertiary/aromatic N) is 1. The van der Waals surface area contributed by atoms with Gasteiger partial charge in [-0.1, -0.05) is 25.1 Å². The number of benzene rings is 2. The number of fused-ring (bicyclic) bond motifs is 1. The third kappa shape index (κ3) is 5.27. The average Bonchev–Trinajstić information content (AvgIpc) is 2.82. The standard InChI is InChI=1S/C25H26FN3O2S/c1-16(32-29-25(31)28-24(30)19-5-3-2-4-6-19)17-7-9-18(10-8-17)21-13-14-27-23-12-11-20(26)15-22(21)23/h2-6,11-18H,7-10H2,1H3,(H2,28,29,30,31)/t16-,17?,18?/m1/s1. The van der Waals surface area contributed by atoms with Crippen LogP contribution >= 0.6 is 11.9 Å². The number of carbonyl (C=O) groups excluding carboxylic acids is 2. The maximum Gasteiger partial charge on any atom is 0.331 e. The SMILES string of the molecule is C[C@@H](SNC(=O)NC(=O)c1ccccc1)C1CCC(c2ccnc3ccc(F)cc23)CC1. The molecule has 1 aromatic heterocycles. The quantitative estimate of drug-likeness (QED) is 0.479. The lowest BCUT2D eigenvalue weighted by molar-refractivity contribution is 0.0965. The molecule has 0 radical (unpaired) electrons. The molecule has 2 N–H and O–H groups in total. The number of hydrogen-bond donors (Lipinski definition) is 2. The molecule has 3 amide bonds. The van der Waals surface area contributed by atoms with Gasteiger partial charge < -0.3 is 0 Å². The van der Waals surface area contributed by atoms with E-state index in [2.05, 4.69) is 21.9 Å². The van der Waals surface area contributed by atoms with E-state index in [9.17, 15) is 14.0 Å². The van der Waals surface area contributed by atoms with E-state index in [4.69, 9.17) is 0 Å². The first-order valence-corrected chi connectivity index (χ1v) is 11.8. The van der Waals surface area contributed by atoms with Crippen LogP contribution in [-0.4, -0.2) is 22.2 Å². The largest absolute Gasteiger partial charge is 0.331 e. The predicted octanol–water partition coefficient (Wildman–Crippen LogP) is 5.82. The van der Waals surface area contributed by atoms with E-state index >= 15 is 0 Å². The molecule has 5 nitrogen and oxygen atoms in total. The Balaban J connectivity index is 1.28. The topological polar surface area (TPSA) is 71.1 Å². The predicted molar refractivity (Wildman–Crippen MR) is 126 cm³/mol. The second kappa shape index (κ2) is 10.1. The first-order valence-electron chi connectivity index (χ1n) is 10.9. The molecule has 32 heavy (non-hydrogen) atoms. The molecule has 1 atom stereocenters. The maximum atomic E-state index is 13.8. The minimum absolute atomic E-state index is 0.222. The van der Waals surface area contributed by atoms with E-state index in [1.54, 1.807) is 42.6 Å². The summed E-state index contributed by atoms with van der Waals surface area (Å²) >= 11 is 1.36. The van der Waals surface area contributed by atoms with Gasteiger partial charge in [-0.2, -0.15) is 0 Å². The second-order valence-electron chi connectivity index (χ2n) is 8.25. The van der Waals surface area contributed by atoms with Crippen molar-refractivity contribution in [3.63, 3.8) is 0 Å². The Morgan fingerprint density at radius 1 is 1.06 bits per heavy atom. The van der Waals surface area contributed by atoms with Gasteiger partial charge in [-0.25, -0.2) is 9.18 Å². The minimum Gasteiger partial charge on any atom is -0.281 e. The molecule has 0 saturated heterocycles. The van der Waals surface area contributed by atoms with E-state index < -0.39 is 11.9 Å². The molecule has 1 aliphatic carbocycles. The number of aromatic nitrogens is 1. The molecule has 0 aliphatic heterocycles. The van der Waals surface area contributed by atoms with Crippen molar-refractivity contribution in [3.8, 4) is 0 Å². The van der Waals surface area contributed by atoms with Crippen LogP contribution in [0.2, 0.25) is 0 Å². The molecule has 0 bridgehead atoms. The number of pyridine rings is 1. The summed E-state index contributed by atoms with van der Waals surface area (Å²) in [6.07, 6.45) is 5.90. The summed E-state index contributed by atoms with van der Waals surface area (Å²) < 4.78 is 16.5. The summed E-state index contributed by atoms with van der Waals surface area (Å²) in [5.74, 6) is 0.195. The molecule has 0 spiro atoms. The maximum absolute atomic E-state index is 13.8. The van der Waals surface area contributed by atoms with Crippen LogP contribution in [0.5, 0.6) is 0 Å². The molecule has 1 aliphatic rings. The third-order valence-corrected chi connectivity index (χ3v) is 7.27. The molecule has 1 fully saturated rings. The Bertz CT molecular complexity index is 1100. The zero-order valence-electron chi connectivity index (χ0n) is 17.9. The summed E-state index contributed by atoms with van der Waals surface area (Å²) in [5.41, 5.74) is 2.45. The fraction of sp³-hybridized carbons (Fsp3) is 0.320. The van der Waals surface area contributed by atoms with Crippen LogP contribution in [0, 0.1) is 11.7 Å². The second-order valence-corrected chi connectivity index (χ2v) is 9.43. The van der Waals surface area contributed by atoms with E-state index in [0.29, 0.717) is 17.4 Å². The highest BCUT2D eigenvalue weighted by Gasteiger charge is 2.28. The Morgan fingerprint density at radius 2 is 1.81 bits per heavy atom.